The van der Waals surface area contributed by atoms with E-state index in [0.717, 1.165) is 43.7 Å². The highest BCUT2D eigenvalue weighted by atomic mass is 32.1. The average Bonchev–Trinajstić information content (AvgIpc) is 2.31. The summed E-state index contributed by atoms with van der Waals surface area (Å²) in [5.74, 6) is 0. The van der Waals surface area contributed by atoms with Gasteiger partial charge in [0.25, 0.3) is 0 Å². The molecule has 0 bridgehead atoms. The molecule has 90 valence electrons. The van der Waals surface area contributed by atoms with E-state index in [0.29, 0.717) is 4.51 Å². The van der Waals surface area contributed by atoms with Crippen molar-refractivity contribution in [3.63, 3.8) is 0 Å². The van der Waals surface area contributed by atoms with E-state index in [-0.39, 0.29) is 5.43 Å². The minimum absolute atomic E-state index is 0.0122. The van der Waals surface area contributed by atoms with E-state index in [2.05, 4.69) is 24.2 Å². The zero-order valence-electron chi connectivity index (χ0n) is 10.3. The maximum absolute atomic E-state index is 11.3. The van der Waals surface area contributed by atoms with Gasteiger partial charge in [0.2, 0.25) is 5.43 Å². The molecule has 16 heavy (non-hydrogen) atoms. The minimum Gasteiger partial charge on any atom is -0.382 e. The van der Waals surface area contributed by atoms with Gasteiger partial charge in [-0.2, -0.15) is 0 Å². The van der Waals surface area contributed by atoms with Crippen molar-refractivity contribution in [2.24, 2.45) is 0 Å². The zero-order chi connectivity index (χ0) is 12.1. The average molecular weight is 240 g/mol. The second-order valence-corrected chi connectivity index (χ2v) is 4.60. The molecule has 0 aromatic heterocycles. The van der Waals surface area contributed by atoms with Crippen molar-refractivity contribution >= 4 is 17.9 Å². The Bertz CT molecular complexity index is 407. The van der Waals surface area contributed by atoms with Crippen LogP contribution in [-0.4, -0.2) is 31.6 Å². The SMILES string of the molecule is CCN(C)CCCCNc1c(C)c(=S)c1=O. The van der Waals surface area contributed by atoms with E-state index in [1.165, 1.54) is 0 Å². The van der Waals surface area contributed by atoms with Gasteiger partial charge in [-0.05, 0) is 45.5 Å². The van der Waals surface area contributed by atoms with Crippen molar-refractivity contribution in [3.8, 4) is 0 Å². The highest BCUT2D eigenvalue weighted by Gasteiger charge is 2.11. The minimum atomic E-state index is 0.0122. The van der Waals surface area contributed by atoms with Crippen molar-refractivity contribution in [2.45, 2.75) is 26.7 Å². The molecule has 0 amide bonds. The molecule has 0 unspecified atom stereocenters. The van der Waals surface area contributed by atoms with Crippen LogP contribution in [0.25, 0.3) is 0 Å². The molecule has 0 radical (unpaired) electrons. The second-order valence-electron chi connectivity index (χ2n) is 4.19. The van der Waals surface area contributed by atoms with Gasteiger partial charge < -0.3 is 10.2 Å². The van der Waals surface area contributed by atoms with E-state index in [9.17, 15) is 4.79 Å². The van der Waals surface area contributed by atoms with Crippen LogP contribution in [0.15, 0.2) is 4.79 Å². The Labute approximate surface area is 102 Å². The number of rotatable bonds is 7. The first kappa shape index (κ1) is 13.3. The van der Waals surface area contributed by atoms with E-state index in [1.54, 1.807) is 0 Å². The molecule has 1 N–H and O–H groups in total. The van der Waals surface area contributed by atoms with Gasteiger partial charge in [0.05, 0.1) is 10.2 Å². The van der Waals surface area contributed by atoms with Gasteiger partial charge in [-0.1, -0.05) is 19.1 Å². The molecular weight excluding hydrogens is 220 g/mol. The Balaban J connectivity index is 2.18. The van der Waals surface area contributed by atoms with Crippen LogP contribution < -0.4 is 10.7 Å². The van der Waals surface area contributed by atoms with E-state index in [1.807, 2.05) is 6.92 Å². The summed E-state index contributed by atoms with van der Waals surface area (Å²) in [7, 11) is 2.12. The number of nitrogens with zero attached hydrogens (tertiary/aromatic N) is 1. The first-order chi connectivity index (χ1) is 7.57. The van der Waals surface area contributed by atoms with E-state index in [4.69, 9.17) is 12.2 Å². The van der Waals surface area contributed by atoms with Crippen LogP contribution in [-0.2, 0) is 0 Å². The molecular formula is C12H20N2OS. The number of anilines is 1. The Morgan fingerprint density at radius 2 is 2.06 bits per heavy atom. The summed E-state index contributed by atoms with van der Waals surface area (Å²) in [5.41, 5.74) is 1.69. The lowest BCUT2D eigenvalue weighted by molar-refractivity contribution is 0.345. The summed E-state index contributed by atoms with van der Waals surface area (Å²) >= 11 is 4.90. The molecule has 1 aromatic carbocycles. The monoisotopic (exact) mass is 240 g/mol. The molecule has 1 rings (SSSR count). The molecule has 0 aliphatic heterocycles. The molecule has 0 spiro atoms. The van der Waals surface area contributed by atoms with Gasteiger partial charge in [0.15, 0.2) is 0 Å². The molecule has 3 nitrogen and oxygen atoms in total. The van der Waals surface area contributed by atoms with Crippen molar-refractivity contribution in [2.75, 3.05) is 32.0 Å². The van der Waals surface area contributed by atoms with Crippen LogP contribution in [0.3, 0.4) is 0 Å². The highest BCUT2D eigenvalue weighted by Crippen LogP contribution is 2.13. The lowest BCUT2D eigenvalue weighted by atomic mass is 10.1. The van der Waals surface area contributed by atoms with Crippen LogP contribution in [0.1, 0.15) is 25.3 Å². The third-order valence-electron chi connectivity index (χ3n) is 2.96. The Morgan fingerprint density at radius 1 is 1.38 bits per heavy atom. The molecule has 0 fully saturated rings. The van der Waals surface area contributed by atoms with Crippen LogP contribution in [0, 0.1) is 11.4 Å². The summed E-state index contributed by atoms with van der Waals surface area (Å²) < 4.78 is 0.494. The molecule has 0 saturated carbocycles. The number of hydrogen-bond acceptors (Lipinski definition) is 4. The summed E-state index contributed by atoms with van der Waals surface area (Å²) in [4.78, 5) is 13.6. The van der Waals surface area contributed by atoms with Crippen molar-refractivity contribution in [1.29, 1.82) is 0 Å². The maximum atomic E-state index is 11.3. The van der Waals surface area contributed by atoms with Gasteiger partial charge in [0, 0.05) is 6.54 Å². The predicted molar refractivity (Wildman–Crippen MR) is 71.5 cm³/mol. The molecule has 0 heterocycles. The van der Waals surface area contributed by atoms with E-state index < -0.39 is 0 Å². The Morgan fingerprint density at radius 3 is 2.62 bits per heavy atom. The normalized spacial score (nSPS) is 11.2. The summed E-state index contributed by atoms with van der Waals surface area (Å²) in [5, 5.41) is 3.16. The van der Waals surface area contributed by atoms with Crippen LogP contribution in [0.5, 0.6) is 0 Å². The fraction of sp³-hybridized carbons (Fsp3) is 0.667. The van der Waals surface area contributed by atoms with Crippen LogP contribution in [0.4, 0.5) is 5.69 Å². The standard InChI is InChI=1S/C12H20N2OS/c1-4-14(3)8-6-5-7-13-10-9(2)12(16)11(10)15/h13H,4-8H2,1-3H3. The number of unbranched alkanes of at least 4 members (excludes halogenated alkanes) is 1. The van der Waals surface area contributed by atoms with Gasteiger partial charge in [-0.3, -0.25) is 4.79 Å². The largest absolute Gasteiger partial charge is 0.382 e. The smallest absolute Gasteiger partial charge is 0.220 e. The van der Waals surface area contributed by atoms with Crippen molar-refractivity contribution in [1.82, 2.24) is 4.90 Å². The summed E-state index contributed by atoms with van der Waals surface area (Å²) in [6, 6.07) is 0. The van der Waals surface area contributed by atoms with Crippen LogP contribution in [0.2, 0.25) is 0 Å². The van der Waals surface area contributed by atoms with E-state index >= 15 is 0 Å². The first-order valence-corrected chi connectivity index (χ1v) is 6.21. The fourth-order valence-electron chi connectivity index (χ4n) is 1.60. The zero-order valence-corrected chi connectivity index (χ0v) is 11.1. The van der Waals surface area contributed by atoms with Gasteiger partial charge >= 0.3 is 0 Å². The summed E-state index contributed by atoms with van der Waals surface area (Å²) in [6.07, 6.45) is 2.24. The molecule has 0 saturated heterocycles. The lowest BCUT2D eigenvalue weighted by Gasteiger charge is -2.14. The van der Waals surface area contributed by atoms with Crippen molar-refractivity contribution < 1.29 is 0 Å². The van der Waals surface area contributed by atoms with Gasteiger partial charge in [-0.25, -0.2) is 0 Å². The third kappa shape index (κ3) is 3.12. The number of hydrogen-bond donors (Lipinski definition) is 1. The third-order valence-corrected chi connectivity index (χ3v) is 3.45. The molecule has 4 heteroatoms. The number of nitrogens with one attached hydrogen (secondary N) is 1. The molecule has 1 aromatic rings. The molecule has 0 atom stereocenters. The topological polar surface area (TPSA) is 32.3 Å². The highest BCUT2D eigenvalue weighted by molar-refractivity contribution is 7.71. The quantitative estimate of drug-likeness (QED) is 0.584. The van der Waals surface area contributed by atoms with Gasteiger partial charge in [0.1, 0.15) is 0 Å². The maximum Gasteiger partial charge on any atom is 0.220 e. The predicted octanol–water partition coefficient (Wildman–Crippen LogP) is 2.10. The first-order valence-electron chi connectivity index (χ1n) is 5.80. The van der Waals surface area contributed by atoms with Crippen molar-refractivity contribution in [3.05, 3.63) is 20.3 Å². The Hall–Kier alpha value is -0.740. The Kier molecular flexibility index (Phi) is 5.09. The lowest BCUT2D eigenvalue weighted by Crippen LogP contribution is -2.22. The fourth-order valence-corrected chi connectivity index (χ4v) is 1.80. The molecule has 0 aliphatic carbocycles. The summed E-state index contributed by atoms with van der Waals surface area (Å²) in [6.45, 7) is 7.11. The second kappa shape index (κ2) is 6.11. The van der Waals surface area contributed by atoms with Gasteiger partial charge in [-0.15, -0.1) is 0 Å². The van der Waals surface area contributed by atoms with Crippen LogP contribution >= 0.6 is 12.2 Å². The molecule has 0 aliphatic rings.